The number of fused-ring (bicyclic) bond motifs is 3. The maximum atomic E-state index is 16.7. The van der Waals surface area contributed by atoms with Crippen LogP contribution in [0.2, 0.25) is 0 Å². The van der Waals surface area contributed by atoms with Crippen molar-refractivity contribution in [3.63, 3.8) is 0 Å². The van der Waals surface area contributed by atoms with Crippen LogP contribution in [0.1, 0.15) is 57.1 Å². The number of methoxy groups -OCH3 is 1. The van der Waals surface area contributed by atoms with E-state index in [9.17, 15) is 20.0 Å². The Bertz CT molecular complexity index is 3400. The minimum Gasteiger partial charge on any atom is -0.508 e. The molecule has 3 amide bonds. The first-order valence-electron chi connectivity index (χ1n) is 24.7. The van der Waals surface area contributed by atoms with Crippen LogP contribution >= 0.6 is 0 Å². The first-order chi connectivity index (χ1) is 37.0. The second-order valence-electron chi connectivity index (χ2n) is 18.8. The molecular weight excluding hydrogens is 967 g/mol. The maximum Gasteiger partial charge on any atom is 0.421 e. The number of nitrogens with one attached hydrogen (secondary N) is 1. The molecule has 1 spiro atoms. The van der Waals surface area contributed by atoms with Crippen molar-refractivity contribution in [2.45, 2.75) is 36.3 Å². The standard InChI is InChI=1S/C60H49N5O11/c1-73-48-29-16-38(17-30-48)12-13-39-18-31-50-49(36-39)60(58(69)63(50)59(70)75-37-40-14-23-46(24-15-40)65(71)72)51(56(67)61-44-21-25-45(26-22-44)62-32-34-74-35-33-62)53-57(68)76-54(42-10-6-3-7-11-42)52(41-8-4-2-5-9-41)64(53)55(60)43-19-27-47(66)28-20-43/h2-11,14-31,36,51-55,66H,32-35,37H2,1H3,(H,61,67)/t51-,52-,53-,54+,55+,60-/m1/s1. The van der Waals surface area contributed by atoms with E-state index in [-0.39, 0.29) is 29.3 Å². The van der Waals surface area contributed by atoms with Gasteiger partial charge in [0.2, 0.25) is 11.8 Å². The molecule has 0 radical (unpaired) electrons. The molecule has 76 heavy (non-hydrogen) atoms. The molecule has 7 aromatic rings. The first kappa shape index (κ1) is 48.9. The molecule has 4 aliphatic rings. The molecule has 0 aromatic heterocycles. The van der Waals surface area contributed by atoms with Crippen LogP contribution in [0.15, 0.2) is 176 Å². The normalized spacial score (nSPS) is 21.7. The molecule has 2 N–H and O–H groups in total. The number of nitro groups is 1. The average Bonchev–Trinajstić information content (AvgIpc) is 3.61. The van der Waals surface area contributed by atoms with Gasteiger partial charge in [0.1, 0.15) is 35.7 Å². The number of phenolic OH excluding ortho intramolecular Hbond substituents is 1. The predicted molar refractivity (Wildman–Crippen MR) is 280 cm³/mol. The Morgan fingerprint density at radius 1 is 0.763 bits per heavy atom. The summed E-state index contributed by atoms with van der Waals surface area (Å²) in [4.78, 5) is 79.1. The number of amides is 3. The Balaban J connectivity index is 1.13. The molecule has 7 aromatic carbocycles. The van der Waals surface area contributed by atoms with E-state index >= 15 is 14.4 Å². The highest BCUT2D eigenvalue weighted by Crippen LogP contribution is 2.66. The molecule has 4 aliphatic heterocycles. The van der Waals surface area contributed by atoms with Crippen LogP contribution in [0.5, 0.6) is 11.5 Å². The van der Waals surface area contributed by atoms with Gasteiger partial charge in [0.15, 0.2) is 0 Å². The molecule has 0 unspecified atom stereocenters. The van der Waals surface area contributed by atoms with E-state index < -0.39 is 64.4 Å². The van der Waals surface area contributed by atoms with Gasteiger partial charge in [-0.05, 0) is 119 Å². The summed E-state index contributed by atoms with van der Waals surface area (Å²) in [6, 6.07) is 46.1. The lowest BCUT2D eigenvalue weighted by Gasteiger charge is -2.46. The van der Waals surface area contributed by atoms with Crippen molar-refractivity contribution in [3.8, 4) is 23.3 Å². The number of imide groups is 1. The van der Waals surface area contributed by atoms with Crippen molar-refractivity contribution >= 4 is 46.6 Å². The van der Waals surface area contributed by atoms with E-state index in [0.29, 0.717) is 71.1 Å². The summed E-state index contributed by atoms with van der Waals surface area (Å²) < 4.78 is 23.5. The van der Waals surface area contributed by atoms with Crippen LogP contribution in [0, 0.1) is 27.9 Å². The number of hydrogen-bond acceptors (Lipinski definition) is 13. The summed E-state index contributed by atoms with van der Waals surface area (Å²) >= 11 is 0. The number of aromatic hydroxyl groups is 1. The number of esters is 1. The van der Waals surface area contributed by atoms with E-state index in [1.54, 1.807) is 73.8 Å². The molecule has 16 nitrogen and oxygen atoms in total. The number of hydrogen-bond donors (Lipinski definition) is 2. The number of carbonyl (C=O) groups is 4. The molecule has 3 fully saturated rings. The lowest BCUT2D eigenvalue weighted by Crippen LogP contribution is -2.54. The largest absolute Gasteiger partial charge is 0.508 e. The van der Waals surface area contributed by atoms with Crippen molar-refractivity contribution in [2.75, 3.05) is 48.5 Å². The van der Waals surface area contributed by atoms with E-state index in [2.05, 4.69) is 22.1 Å². The van der Waals surface area contributed by atoms with Gasteiger partial charge in [0.05, 0.1) is 48.9 Å². The van der Waals surface area contributed by atoms with Crippen LogP contribution in [-0.2, 0) is 40.6 Å². The van der Waals surface area contributed by atoms with Crippen molar-refractivity contribution in [1.29, 1.82) is 0 Å². The number of anilines is 3. The lowest BCUT2D eigenvalue weighted by molar-refractivity contribution is -0.384. The summed E-state index contributed by atoms with van der Waals surface area (Å²) in [6.07, 6.45) is -2.07. The van der Waals surface area contributed by atoms with Crippen LogP contribution in [0.3, 0.4) is 0 Å². The highest BCUT2D eigenvalue weighted by Gasteiger charge is 2.76. The van der Waals surface area contributed by atoms with Crippen molar-refractivity contribution < 1.29 is 48.2 Å². The number of non-ortho nitro benzene ring substituents is 1. The smallest absolute Gasteiger partial charge is 0.421 e. The predicted octanol–water partition coefficient (Wildman–Crippen LogP) is 9.19. The Morgan fingerprint density at radius 2 is 1.41 bits per heavy atom. The SMILES string of the molecule is COc1ccc(C#Cc2ccc3c(c2)[C@]2(C(=O)N3C(=O)OCc3ccc([N+](=O)[O-])cc3)[C@H](c3ccc(O)cc3)N3[C@H](c4ccccc4)[C@H](c4ccccc4)OC(=O)[C@H]3[C@@H]2C(=O)Nc2ccc(N3CCOCC3)cc2)cc1. The number of morpholine rings is 2. The average molecular weight is 1020 g/mol. The van der Waals surface area contributed by atoms with Crippen molar-refractivity contribution in [3.05, 3.63) is 225 Å². The second-order valence-corrected chi connectivity index (χ2v) is 18.8. The summed E-state index contributed by atoms with van der Waals surface area (Å²) in [5.74, 6) is 2.98. The van der Waals surface area contributed by atoms with Gasteiger partial charge >= 0.3 is 12.1 Å². The number of carbonyl (C=O) groups excluding carboxylic acids is 4. The van der Waals surface area contributed by atoms with Gasteiger partial charge in [-0.25, -0.2) is 9.69 Å². The first-order valence-corrected chi connectivity index (χ1v) is 24.7. The number of rotatable bonds is 10. The third kappa shape index (κ3) is 8.91. The Hall–Kier alpha value is -9.30. The number of phenols is 1. The number of cyclic esters (lactones) is 1. The van der Waals surface area contributed by atoms with Crippen LogP contribution < -0.4 is 19.9 Å². The molecule has 380 valence electrons. The van der Waals surface area contributed by atoms with Gasteiger partial charge in [-0.1, -0.05) is 84.6 Å². The van der Waals surface area contributed by atoms with E-state index in [1.165, 1.54) is 36.4 Å². The monoisotopic (exact) mass is 1020 g/mol. The number of nitro benzene ring substituents is 1. The Morgan fingerprint density at radius 3 is 2.07 bits per heavy atom. The zero-order chi connectivity index (χ0) is 52.5. The minimum absolute atomic E-state index is 0.0762. The number of ether oxygens (including phenoxy) is 4. The van der Waals surface area contributed by atoms with Crippen molar-refractivity contribution in [1.82, 2.24) is 4.90 Å². The second kappa shape index (κ2) is 20.5. The van der Waals surface area contributed by atoms with Crippen LogP contribution in [-0.4, -0.2) is 78.3 Å². The highest BCUT2D eigenvalue weighted by atomic mass is 16.6. The van der Waals surface area contributed by atoms with Crippen LogP contribution in [0.25, 0.3) is 0 Å². The Kier molecular flexibility index (Phi) is 13.2. The third-order valence-corrected chi connectivity index (χ3v) is 14.6. The zero-order valence-electron chi connectivity index (χ0n) is 41.0. The summed E-state index contributed by atoms with van der Waals surface area (Å²) in [5.41, 5.74) is 2.53. The minimum atomic E-state index is -2.16. The molecular formula is C60H49N5O11. The number of benzene rings is 7. The van der Waals surface area contributed by atoms with E-state index in [0.717, 1.165) is 10.6 Å². The van der Waals surface area contributed by atoms with Crippen LogP contribution in [0.4, 0.5) is 27.5 Å². The van der Waals surface area contributed by atoms with E-state index in [4.69, 9.17) is 18.9 Å². The molecule has 3 saturated heterocycles. The fraction of sp³-hybridized carbons (Fsp3) is 0.200. The van der Waals surface area contributed by atoms with E-state index in [1.807, 2.05) is 77.7 Å². The molecule has 0 saturated carbocycles. The van der Waals surface area contributed by atoms with Gasteiger partial charge in [0, 0.05) is 47.7 Å². The summed E-state index contributed by atoms with van der Waals surface area (Å²) in [7, 11) is 1.57. The lowest BCUT2D eigenvalue weighted by atomic mass is 9.65. The topological polar surface area (TPSA) is 190 Å². The summed E-state index contributed by atoms with van der Waals surface area (Å²) in [6.45, 7) is 2.12. The zero-order valence-corrected chi connectivity index (χ0v) is 41.0. The van der Waals surface area contributed by atoms with Crippen molar-refractivity contribution in [2.24, 2.45) is 5.92 Å². The van der Waals surface area contributed by atoms with Gasteiger partial charge in [-0.3, -0.25) is 29.4 Å². The molecule has 0 aliphatic carbocycles. The summed E-state index contributed by atoms with van der Waals surface area (Å²) in [5, 5.41) is 25.4. The fourth-order valence-corrected chi connectivity index (χ4v) is 11.2. The third-order valence-electron chi connectivity index (χ3n) is 14.6. The van der Waals surface area contributed by atoms with Gasteiger partial charge < -0.3 is 34.3 Å². The number of nitrogens with zero attached hydrogens (tertiary/aromatic N) is 4. The maximum absolute atomic E-state index is 16.7. The molecule has 4 heterocycles. The molecule has 11 rings (SSSR count). The molecule has 16 heteroatoms. The van der Waals surface area contributed by atoms with Gasteiger partial charge in [-0.2, -0.15) is 0 Å². The fourth-order valence-electron chi connectivity index (χ4n) is 11.2. The van der Waals surface area contributed by atoms with Gasteiger partial charge in [0.25, 0.3) is 5.69 Å². The quantitative estimate of drug-likeness (QED) is 0.0571. The molecule has 6 atom stereocenters. The Labute approximate surface area is 437 Å². The van der Waals surface area contributed by atoms with Gasteiger partial charge in [-0.15, -0.1) is 0 Å². The highest BCUT2D eigenvalue weighted by molar-refractivity contribution is 6.24. The molecule has 0 bridgehead atoms.